The van der Waals surface area contributed by atoms with Crippen molar-refractivity contribution in [3.8, 4) is 5.75 Å². The number of ether oxygens (including phenoxy) is 3. The molecule has 31 heavy (non-hydrogen) atoms. The Hall–Kier alpha value is -2.17. The van der Waals surface area contributed by atoms with Gasteiger partial charge in [0.2, 0.25) is 10.0 Å². The van der Waals surface area contributed by atoms with E-state index in [1.54, 1.807) is 11.9 Å². The van der Waals surface area contributed by atoms with Crippen LogP contribution < -0.4 is 4.74 Å². The van der Waals surface area contributed by atoms with E-state index >= 15 is 0 Å². The molecule has 9 nitrogen and oxygen atoms in total. The van der Waals surface area contributed by atoms with Gasteiger partial charge in [-0.05, 0) is 31.0 Å². The number of hydrogen-bond acceptors (Lipinski definition) is 7. The highest BCUT2D eigenvalue weighted by Crippen LogP contribution is 2.29. The minimum Gasteiger partial charge on any atom is -0.495 e. The second-order valence-electron chi connectivity index (χ2n) is 7.75. The predicted molar refractivity (Wildman–Crippen MR) is 112 cm³/mol. The highest BCUT2D eigenvalue weighted by atomic mass is 32.2. The molecule has 0 radical (unpaired) electrons. The average Bonchev–Trinajstić information content (AvgIpc) is 2.82. The van der Waals surface area contributed by atoms with Gasteiger partial charge in [-0.1, -0.05) is 19.3 Å². The van der Waals surface area contributed by atoms with E-state index in [4.69, 9.17) is 14.2 Å². The maximum atomic E-state index is 13.0. The first-order chi connectivity index (χ1) is 14.8. The molecule has 1 aromatic carbocycles. The molecular weight excluding hydrogens is 424 g/mol. The number of likely N-dealkylation sites (N-methyl/N-ethyl adjacent to an activating group) is 1. The molecule has 1 aliphatic heterocycles. The summed E-state index contributed by atoms with van der Waals surface area (Å²) in [6.45, 7) is 0.674. The molecule has 1 saturated carbocycles. The monoisotopic (exact) mass is 454 g/mol. The Labute approximate surface area is 183 Å². The van der Waals surface area contributed by atoms with Crippen LogP contribution in [0.25, 0.3) is 0 Å². The lowest BCUT2D eigenvalue weighted by Gasteiger charge is -2.31. The smallest absolute Gasteiger partial charge is 0.338 e. The summed E-state index contributed by atoms with van der Waals surface area (Å²) in [6, 6.07) is 4.25. The average molecular weight is 455 g/mol. The maximum absolute atomic E-state index is 13.0. The number of morpholine rings is 1. The van der Waals surface area contributed by atoms with Crippen LogP contribution in [0, 0.1) is 0 Å². The first kappa shape index (κ1) is 23.5. The van der Waals surface area contributed by atoms with Gasteiger partial charge in [0.25, 0.3) is 5.91 Å². The molecule has 0 bridgehead atoms. The Balaban J connectivity index is 1.70. The standard InChI is InChI=1S/C21H30N2O7S/c1-22(17-6-4-3-5-7-17)20(24)15-30-21(25)16-8-9-18(28-2)19(14-16)31(26,27)23-10-12-29-13-11-23/h8-9,14,17H,3-7,10-13,15H2,1-2H3. The number of benzene rings is 1. The molecular formula is C21H30N2O7S. The molecule has 3 rings (SSSR count). The van der Waals surface area contributed by atoms with E-state index < -0.39 is 16.0 Å². The molecule has 2 fully saturated rings. The van der Waals surface area contributed by atoms with Crippen molar-refractivity contribution in [2.75, 3.05) is 47.1 Å². The number of methoxy groups -OCH3 is 1. The van der Waals surface area contributed by atoms with Gasteiger partial charge in [0.15, 0.2) is 6.61 Å². The van der Waals surface area contributed by atoms with Gasteiger partial charge in [-0.15, -0.1) is 0 Å². The first-order valence-electron chi connectivity index (χ1n) is 10.5. The largest absolute Gasteiger partial charge is 0.495 e. The van der Waals surface area contributed by atoms with Crippen molar-refractivity contribution in [2.24, 2.45) is 0 Å². The summed E-state index contributed by atoms with van der Waals surface area (Å²) < 4.78 is 43.0. The van der Waals surface area contributed by atoms with Gasteiger partial charge in [0.05, 0.1) is 25.9 Å². The van der Waals surface area contributed by atoms with Gasteiger partial charge >= 0.3 is 5.97 Å². The van der Waals surface area contributed by atoms with E-state index in [0.717, 1.165) is 25.7 Å². The van der Waals surface area contributed by atoms with Crippen LogP contribution in [0.15, 0.2) is 23.1 Å². The van der Waals surface area contributed by atoms with Crippen LogP contribution in [0.4, 0.5) is 0 Å². The molecule has 0 aromatic heterocycles. The lowest BCUT2D eigenvalue weighted by molar-refractivity contribution is -0.135. The lowest BCUT2D eigenvalue weighted by atomic mass is 9.94. The van der Waals surface area contributed by atoms with E-state index in [1.807, 2.05) is 0 Å². The molecule has 1 saturated heterocycles. The number of carbonyl (C=O) groups is 2. The van der Waals surface area contributed by atoms with Gasteiger partial charge < -0.3 is 19.1 Å². The Morgan fingerprint density at radius 1 is 1.16 bits per heavy atom. The summed E-state index contributed by atoms with van der Waals surface area (Å²) in [5, 5.41) is 0. The highest BCUT2D eigenvalue weighted by Gasteiger charge is 2.30. The van der Waals surface area contributed by atoms with Crippen LogP contribution in [0.2, 0.25) is 0 Å². The summed E-state index contributed by atoms with van der Waals surface area (Å²) in [6.07, 6.45) is 5.28. The number of rotatable bonds is 7. The summed E-state index contributed by atoms with van der Waals surface area (Å²) in [5.74, 6) is -0.891. The minimum atomic E-state index is -3.87. The van der Waals surface area contributed by atoms with Crippen LogP contribution in [-0.2, 0) is 24.3 Å². The summed E-state index contributed by atoms with van der Waals surface area (Å²) >= 11 is 0. The third-order valence-corrected chi connectivity index (χ3v) is 7.75. The van der Waals surface area contributed by atoms with E-state index in [1.165, 1.54) is 36.0 Å². The predicted octanol–water partition coefficient (Wildman–Crippen LogP) is 1.66. The molecule has 172 valence electrons. The van der Waals surface area contributed by atoms with E-state index in [2.05, 4.69) is 0 Å². The van der Waals surface area contributed by atoms with Crippen molar-refractivity contribution in [2.45, 2.75) is 43.0 Å². The Bertz CT molecular complexity index is 891. The first-order valence-corrected chi connectivity index (χ1v) is 12.0. The second-order valence-corrected chi connectivity index (χ2v) is 9.66. The molecule has 0 spiro atoms. The Morgan fingerprint density at radius 2 is 1.84 bits per heavy atom. The van der Waals surface area contributed by atoms with Gasteiger partial charge in [-0.3, -0.25) is 4.79 Å². The fourth-order valence-electron chi connectivity index (χ4n) is 3.92. The molecule has 1 aliphatic carbocycles. The van der Waals surface area contributed by atoms with Crippen molar-refractivity contribution >= 4 is 21.9 Å². The normalized spacial score (nSPS) is 18.4. The second kappa shape index (κ2) is 10.4. The van der Waals surface area contributed by atoms with Crippen molar-refractivity contribution in [3.63, 3.8) is 0 Å². The summed E-state index contributed by atoms with van der Waals surface area (Å²) in [4.78, 5) is 26.5. The fourth-order valence-corrected chi connectivity index (χ4v) is 5.51. The van der Waals surface area contributed by atoms with Crippen molar-refractivity contribution in [1.82, 2.24) is 9.21 Å². The number of hydrogen-bond donors (Lipinski definition) is 0. The van der Waals surface area contributed by atoms with Gasteiger partial charge in [0, 0.05) is 26.2 Å². The molecule has 1 amide bonds. The van der Waals surface area contributed by atoms with Crippen molar-refractivity contribution in [3.05, 3.63) is 23.8 Å². The molecule has 1 heterocycles. The molecule has 0 atom stereocenters. The number of sulfonamides is 1. The lowest BCUT2D eigenvalue weighted by Crippen LogP contribution is -2.41. The number of nitrogens with zero attached hydrogens (tertiary/aromatic N) is 2. The van der Waals surface area contributed by atoms with Crippen LogP contribution in [0.3, 0.4) is 0 Å². The highest BCUT2D eigenvalue weighted by molar-refractivity contribution is 7.89. The quantitative estimate of drug-likeness (QED) is 0.578. The molecule has 1 aromatic rings. The zero-order valence-electron chi connectivity index (χ0n) is 18.0. The fraction of sp³-hybridized carbons (Fsp3) is 0.619. The van der Waals surface area contributed by atoms with Crippen molar-refractivity contribution < 1.29 is 32.2 Å². The van der Waals surface area contributed by atoms with Gasteiger partial charge in [-0.2, -0.15) is 4.31 Å². The number of esters is 1. The van der Waals surface area contributed by atoms with Gasteiger partial charge in [-0.25, -0.2) is 13.2 Å². The van der Waals surface area contributed by atoms with Crippen LogP contribution in [0.1, 0.15) is 42.5 Å². The van der Waals surface area contributed by atoms with E-state index in [0.29, 0.717) is 13.2 Å². The van der Waals surface area contributed by atoms with Crippen LogP contribution >= 0.6 is 0 Å². The zero-order valence-corrected chi connectivity index (χ0v) is 18.9. The Morgan fingerprint density at radius 3 is 2.48 bits per heavy atom. The SMILES string of the molecule is COc1ccc(C(=O)OCC(=O)N(C)C2CCCCC2)cc1S(=O)(=O)N1CCOCC1. The van der Waals surface area contributed by atoms with E-state index in [9.17, 15) is 18.0 Å². The van der Waals surface area contributed by atoms with Crippen LogP contribution in [0.5, 0.6) is 5.75 Å². The maximum Gasteiger partial charge on any atom is 0.338 e. The third-order valence-electron chi connectivity index (χ3n) is 5.83. The third kappa shape index (κ3) is 5.55. The Kier molecular flexibility index (Phi) is 7.90. The number of carbonyl (C=O) groups excluding carboxylic acids is 2. The summed E-state index contributed by atoms with van der Waals surface area (Å²) in [5.41, 5.74) is 0.0424. The van der Waals surface area contributed by atoms with Gasteiger partial charge in [0.1, 0.15) is 10.6 Å². The molecule has 2 aliphatic rings. The minimum absolute atomic E-state index is 0.0424. The van der Waals surface area contributed by atoms with Crippen LogP contribution in [-0.4, -0.2) is 82.6 Å². The molecule has 10 heteroatoms. The zero-order chi connectivity index (χ0) is 22.4. The molecule has 0 unspecified atom stereocenters. The summed E-state index contributed by atoms with van der Waals surface area (Å²) in [7, 11) is -0.779. The van der Waals surface area contributed by atoms with Crippen molar-refractivity contribution in [1.29, 1.82) is 0 Å². The topological polar surface area (TPSA) is 102 Å². The number of amides is 1. The molecule has 0 N–H and O–H groups in total. The van der Waals surface area contributed by atoms with E-state index in [-0.39, 0.29) is 47.9 Å².